The van der Waals surface area contributed by atoms with Crippen LogP contribution in [0.25, 0.3) is 0 Å². The Balaban J connectivity index is 0. The second-order valence-corrected chi connectivity index (χ2v) is 0.552. The number of carboxylic acid groups (broad SMARTS) is 1. The van der Waals surface area contributed by atoms with Gasteiger partial charge in [-0.05, 0) is 0 Å². The molecule has 0 heterocycles. The third-order valence-corrected chi connectivity index (χ3v) is 0.135. The Labute approximate surface area is 77.8 Å². The Kier molecular flexibility index (Phi) is 10.2. The van der Waals surface area contributed by atoms with E-state index in [1.165, 1.54) is 0 Å². The number of hydrogen-bond acceptors (Lipinski definition) is 2. The first kappa shape index (κ1) is 10.1. The van der Waals surface area contributed by atoms with E-state index in [0.29, 0.717) is 0 Å². The average molecular weight is 116 g/mol. The van der Waals surface area contributed by atoms with Crippen molar-refractivity contribution >= 4 is 57.4 Å². The van der Waals surface area contributed by atoms with Crippen LogP contribution in [0.5, 0.6) is 0 Å². The molecule has 2 N–H and O–H groups in total. The van der Waals surface area contributed by atoms with Crippen LogP contribution in [0, 0.1) is 0 Å². The SMILES string of the molecule is O=C(O)CO.[KH]. The van der Waals surface area contributed by atoms with Gasteiger partial charge < -0.3 is 10.2 Å². The van der Waals surface area contributed by atoms with Crippen LogP contribution in [-0.2, 0) is 4.79 Å². The molecule has 32 valence electrons. The summed E-state index contributed by atoms with van der Waals surface area (Å²) in [6, 6.07) is 0. The molecule has 0 radical (unpaired) electrons. The van der Waals surface area contributed by atoms with E-state index in [1.807, 2.05) is 0 Å². The summed E-state index contributed by atoms with van der Waals surface area (Å²) in [7, 11) is 0. The van der Waals surface area contributed by atoms with Crippen molar-refractivity contribution in [2.75, 3.05) is 6.61 Å². The standard InChI is InChI=1S/C2H4O3.K.H/c3-1-2(4)5;;/h3H,1H2,(H,4,5);;. The van der Waals surface area contributed by atoms with Gasteiger partial charge in [0.1, 0.15) is 6.61 Å². The molecule has 0 aliphatic carbocycles. The molecule has 0 bridgehead atoms. The predicted molar refractivity (Wildman–Crippen MR) is 21.9 cm³/mol. The van der Waals surface area contributed by atoms with Crippen LogP contribution in [0.15, 0.2) is 0 Å². The fourth-order valence-corrected chi connectivity index (χ4v) is 0. The summed E-state index contributed by atoms with van der Waals surface area (Å²) in [6.45, 7) is -0.778. The zero-order valence-electron chi connectivity index (χ0n) is 2.51. The molecule has 0 fully saturated rings. The first-order valence-electron chi connectivity index (χ1n) is 1.10. The summed E-state index contributed by atoms with van der Waals surface area (Å²) in [5, 5.41) is 15.0. The van der Waals surface area contributed by atoms with E-state index in [0.717, 1.165) is 0 Å². The number of aliphatic carboxylic acids is 1. The number of carboxylic acids is 1. The molecule has 0 saturated carbocycles. The van der Waals surface area contributed by atoms with Crippen LogP contribution < -0.4 is 0 Å². The van der Waals surface area contributed by atoms with Crippen molar-refractivity contribution in [2.45, 2.75) is 0 Å². The van der Waals surface area contributed by atoms with Crippen molar-refractivity contribution in [2.24, 2.45) is 0 Å². The normalized spacial score (nSPS) is 6.17. The molecule has 0 amide bonds. The number of aliphatic hydroxyl groups excluding tert-OH is 1. The molecule has 0 aromatic rings. The number of carbonyl (C=O) groups is 1. The van der Waals surface area contributed by atoms with Gasteiger partial charge in [0.15, 0.2) is 0 Å². The molecule has 0 spiro atoms. The Morgan fingerprint density at radius 1 is 1.67 bits per heavy atom. The molecule has 0 aliphatic rings. The summed E-state index contributed by atoms with van der Waals surface area (Å²) in [4.78, 5) is 9.12. The first-order valence-corrected chi connectivity index (χ1v) is 1.10. The van der Waals surface area contributed by atoms with E-state index in [9.17, 15) is 0 Å². The summed E-state index contributed by atoms with van der Waals surface area (Å²) in [5.41, 5.74) is 0. The van der Waals surface area contributed by atoms with Gasteiger partial charge >= 0.3 is 57.4 Å². The van der Waals surface area contributed by atoms with Crippen LogP contribution in [0.3, 0.4) is 0 Å². The minimum absolute atomic E-state index is 0. The molecule has 0 atom stereocenters. The van der Waals surface area contributed by atoms with Gasteiger partial charge in [-0.3, -0.25) is 0 Å². The van der Waals surface area contributed by atoms with Gasteiger partial charge in [-0.2, -0.15) is 0 Å². The molecule has 0 rings (SSSR count). The van der Waals surface area contributed by atoms with Crippen molar-refractivity contribution in [1.82, 2.24) is 0 Å². The van der Waals surface area contributed by atoms with Gasteiger partial charge in [0.2, 0.25) is 0 Å². The quantitative estimate of drug-likeness (QED) is 0.406. The van der Waals surface area contributed by atoms with Gasteiger partial charge in [-0.15, -0.1) is 0 Å². The fraction of sp³-hybridized carbons (Fsp3) is 0.500. The zero-order valence-corrected chi connectivity index (χ0v) is 2.51. The van der Waals surface area contributed by atoms with Crippen LogP contribution in [0.1, 0.15) is 0 Å². The van der Waals surface area contributed by atoms with E-state index in [2.05, 4.69) is 0 Å². The van der Waals surface area contributed by atoms with Crippen molar-refractivity contribution in [3.05, 3.63) is 0 Å². The van der Waals surface area contributed by atoms with Gasteiger partial charge in [0, 0.05) is 0 Å². The Bertz CT molecular complexity index is 44.1. The van der Waals surface area contributed by atoms with Gasteiger partial charge in [-0.25, -0.2) is 4.79 Å². The molecule has 6 heavy (non-hydrogen) atoms. The zero-order chi connectivity index (χ0) is 4.28. The minimum atomic E-state index is -1.19. The van der Waals surface area contributed by atoms with Gasteiger partial charge in [0.05, 0.1) is 0 Å². The van der Waals surface area contributed by atoms with Crippen LogP contribution in [0.4, 0.5) is 0 Å². The second kappa shape index (κ2) is 6.07. The van der Waals surface area contributed by atoms with Crippen molar-refractivity contribution in [1.29, 1.82) is 0 Å². The van der Waals surface area contributed by atoms with E-state index in [4.69, 9.17) is 15.0 Å². The van der Waals surface area contributed by atoms with Gasteiger partial charge in [0.25, 0.3) is 0 Å². The molecular weight excluding hydrogens is 111 g/mol. The molecular formula is C2H5KO3. The number of rotatable bonds is 1. The molecule has 4 heteroatoms. The number of hydrogen-bond donors (Lipinski definition) is 2. The molecule has 3 nitrogen and oxygen atoms in total. The molecule has 0 unspecified atom stereocenters. The third kappa shape index (κ3) is 8.91. The summed E-state index contributed by atoms with van der Waals surface area (Å²) >= 11 is 0. The predicted octanol–water partition coefficient (Wildman–Crippen LogP) is -1.59. The van der Waals surface area contributed by atoms with Crippen LogP contribution in [-0.4, -0.2) is 74.2 Å². The van der Waals surface area contributed by atoms with Crippen molar-refractivity contribution in [3.8, 4) is 0 Å². The topological polar surface area (TPSA) is 57.5 Å². The van der Waals surface area contributed by atoms with Crippen LogP contribution in [0.2, 0.25) is 0 Å². The third-order valence-electron chi connectivity index (χ3n) is 0.135. The van der Waals surface area contributed by atoms with Gasteiger partial charge in [-0.1, -0.05) is 0 Å². The molecule has 0 saturated heterocycles. The van der Waals surface area contributed by atoms with E-state index < -0.39 is 12.6 Å². The Morgan fingerprint density at radius 2 is 1.83 bits per heavy atom. The summed E-state index contributed by atoms with van der Waals surface area (Å²) in [5.74, 6) is -1.19. The molecule has 0 aromatic carbocycles. The van der Waals surface area contributed by atoms with Crippen LogP contribution >= 0.6 is 0 Å². The van der Waals surface area contributed by atoms with E-state index >= 15 is 0 Å². The maximum atomic E-state index is 9.12. The average Bonchev–Trinajstić information content (AvgIpc) is 1.38. The summed E-state index contributed by atoms with van der Waals surface area (Å²) < 4.78 is 0. The molecule has 0 aromatic heterocycles. The summed E-state index contributed by atoms with van der Waals surface area (Å²) in [6.07, 6.45) is 0. The maximum absolute atomic E-state index is 9.12. The Morgan fingerprint density at radius 3 is 1.83 bits per heavy atom. The van der Waals surface area contributed by atoms with E-state index in [-0.39, 0.29) is 51.4 Å². The first-order chi connectivity index (χ1) is 2.27. The van der Waals surface area contributed by atoms with E-state index in [1.54, 1.807) is 0 Å². The monoisotopic (exact) mass is 116 g/mol. The number of aliphatic hydroxyl groups is 1. The fourth-order valence-electron chi connectivity index (χ4n) is 0. The van der Waals surface area contributed by atoms with Crippen molar-refractivity contribution in [3.63, 3.8) is 0 Å². The second-order valence-electron chi connectivity index (χ2n) is 0.552. The molecule has 0 aliphatic heterocycles. The van der Waals surface area contributed by atoms with Crippen molar-refractivity contribution < 1.29 is 15.0 Å². The Hall–Kier alpha value is 1.07.